The Kier molecular flexibility index (Phi) is 5.56. The topological polar surface area (TPSA) is 108 Å². The molecule has 1 aliphatic heterocycles. The second-order valence-corrected chi connectivity index (χ2v) is 7.04. The molecular formula is C20H19ClN4O4. The molecule has 9 heteroatoms. The fraction of sp³-hybridized carbons (Fsp3) is 0.200. The Hall–Kier alpha value is -3.39. The van der Waals surface area contributed by atoms with Gasteiger partial charge in [0.2, 0.25) is 5.91 Å². The average molecular weight is 415 g/mol. The molecular weight excluding hydrogens is 396 g/mol. The van der Waals surface area contributed by atoms with Crippen LogP contribution in [-0.2, 0) is 15.1 Å². The number of amides is 5. The van der Waals surface area contributed by atoms with Crippen molar-refractivity contribution in [2.45, 2.75) is 12.5 Å². The van der Waals surface area contributed by atoms with Crippen LogP contribution >= 0.6 is 11.6 Å². The minimum absolute atomic E-state index is 0.249. The van der Waals surface area contributed by atoms with Crippen molar-refractivity contribution < 1.29 is 19.2 Å². The van der Waals surface area contributed by atoms with E-state index in [-0.39, 0.29) is 5.91 Å². The van der Waals surface area contributed by atoms with Crippen LogP contribution in [0.1, 0.15) is 22.8 Å². The highest BCUT2D eigenvalue weighted by Crippen LogP contribution is 2.33. The van der Waals surface area contributed by atoms with Crippen molar-refractivity contribution in [2.75, 3.05) is 18.9 Å². The molecule has 1 saturated heterocycles. The molecule has 2 aromatic carbocycles. The van der Waals surface area contributed by atoms with Gasteiger partial charge in [0, 0.05) is 28.9 Å². The summed E-state index contributed by atoms with van der Waals surface area (Å²) in [4.78, 5) is 50.0. The Balaban J connectivity index is 1.71. The lowest BCUT2D eigenvalue weighted by molar-refractivity contribution is -0.133. The first-order valence-corrected chi connectivity index (χ1v) is 9.15. The van der Waals surface area contributed by atoms with E-state index in [4.69, 9.17) is 11.6 Å². The molecule has 0 spiro atoms. The van der Waals surface area contributed by atoms with E-state index in [0.717, 1.165) is 4.90 Å². The predicted octanol–water partition coefficient (Wildman–Crippen LogP) is 2.11. The summed E-state index contributed by atoms with van der Waals surface area (Å²) in [6.45, 7) is 1.09. The van der Waals surface area contributed by atoms with E-state index < -0.39 is 29.9 Å². The molecule has 1 aliphatic rings. The second-order valence-electron chi connectivity index (χ2n) is 6.63. The molecule has 1 heterocycles. The minimum atomic E-state index is -1.36. The van der Waals surface area contributed by atoms with Gasteiger partial charge in [-0.25, -0.2) is 4.79 Å². The fourth-order valence-corrected chi connectivity index (χ4v) is 3.41. The molecule has 1 fully saturated rings. The molecule has 0 radical (unpaired) electrons. The highest BCUT2D eigenvalue weighted by molar-refractivity contribution is 6.32. The van der Waals surface area contributed by atoms with Crippen molar-refractivity contribution in [3.63, 3.8) is 0 Å². The Bertz CT molecular complexity index is 992. The number of halogens is 1. The number of urea groups is 1. The number of nitrogens with zero attached hydrogens (tertiary/aromatic N) is 1. The van der Waals surface area contributed by atoms with Gasteiger partial charge >= 0.3 is 6.03 Å². The maximum absolute atomic E-state index is 12.9. The number of benzene rings is 2. The van der Waals surface area contributed by atoms with Gasteiger partial charge in [0.15, 0.2) is 0 Å². The Morgan fingerprint density at radius 2 is 1.76 bits per heavy atom. The third-order valence-electron chi connectivity index (χ3n) is 4.65. The maximum atomic E-state index is 12.9. The van der Waals surface area contributed by atoms with Crippen molar-refractivity contribution in [2.24, 2.45) is 0 Å². The summed E-state index contributed by atoms with van der Waals surface area (Å²) in [6.07, 6.45) is 0. The third kappa shape index (κ3) is 3.93. The average Bonchev–Trinajstić information content (AvgIpc) is 2.92. The van der Waals surface area contributed by atoms with E-state index in [1.807, 2.05) is 0 Å². The molecule has 2 aromatic rings. The van der Waals surface area contributed by atoms with Gasteiger partial charge in [-0.05, 0) is 37.3 Å². The van der Waals surface area contributed by atoms with Crippen molar-refractivity contribution in [1.29, 1.82) is 0 Å². The normalized spacial score (nSPS) is 18.4. The largest absolute Gasteiger partial charge is 0.355 e. The summed E-state index contributed by atoms with van der Waals surface area (Å²) in [5.41, 5.74) is -0.0309. The lowest BCUT2D eigenvalue weighted by Gasteiger charge is -2.23. The number of nitrogens with one attached hydrogen (secondary N) is 3. The zero-order valence-corrected chi connectivity index (χ0v) is 16.5. The van der Waals surface area contributed by atoms with Crippen LogP contribution in [0.25, 0.3) is 0 Å². The molecule has 3 N–H and O–H groups in total. The monoisotopic (exact) mass is 414 g/mol. The Labute approximate surface area is 172 Å². The van der Waals surface area contributed by atoms with E-state index >= 15 is 0 Å². The zero-order chi connectivity index (χ0) is 21.2. The van der Waals surface area contributed by atoms with Crippen LogP contribution in [0.15, 0.2) is 48.5 Å². The van der Waals surface area contributed by atoms with Crippen LogP contribution in [0.2, 0.25) is 5.02 Å². The number of carbonyl (C=O) groups excluding carboxylic acids is 4. The highest BCUT2D eigenvalue weighted by atomic mass is 35.5. The van der Waals surface area contributed by atoms with E-state index in [2.05, 4.69) is 16.0 Å². The zero-order valence-electron chi connectivity index (χ0n) is 15.8. The van der Waals surface area contributed by atoms with Gasteiger partial charge in [-0.1, -0.05) is 29.8 Å². The highest BCUT2D eigenvalue weighted by Gasteiger charge is 2.50. The number of carbonyl (C=O) groups is 4. The summed E-state index contributed by atoms with van der Waals surface area (Å²) in [5, 5.41) is 8.05. The van der Waals surface area contributed by atoms with Gasteiger partial charge in [-0.3, -0.25) is 19.3 Å². The van der Waals surface area contributed by atoms with Gasteiger partial charge in [-0.2, -0.15) is 0 Å². The molecule has 8 nitrogen and oxygen atoms in total. The summed E-state index contributed by atoms with van der Waals surface area (Å²) in [5.74, 6) is -1.37. The molecule has 3 rings (SSSR count). The first kappa shape index (κ1) is 20.3. The van der Waals surface area contributed by atoms with Crippen LogP contribution in [0.4, 0.5) is 10.5 Å². The Morgan fingerprint density at radius 1 is 1.10 bits per heavy atom. The predicted molar refractivity (Wildman–Crippen MR) is 108 cm³/mol. The number of rotatable bonds is 5. The summed E-state index contributed by atoms with van der Waals surface area (Å²) in [6, 6.07) is 12.2. The minimum Gasteiger partial charge on any atom is -0.355 e. The molecule has 0 unspecified atom stereocenters. The fourth-order valence-electron chi connectivity index (χ4n) is 3.08. The van der Waals surface area contributed by atoms with Crippen LogP contribution in [0.5, 0.6) is 0 Å². The van der Waals surface area contributed by atoms with Crippen molar-refractivity contribution >= 4 is 41.0 Å². The third-order valence-corrected chi connectivity index (χ3v) is 4.98. The lowest BCUT2D eigenvalue weighted by atomic mass is 9.92. The molecule has 0 aliphatic carbocycles. The van der Waals surface area contributed by atoms with Crippen molar-refractivity contribution in [1.82, 2.24) is 15.5 Å². The molecule has 1 atom stereocenters. The first-order chi connectivity index (χ1) is 13.8. The van der Waals surface area contributed by atoms with Crippen LogP contribution < -0.4 is 16.0 Å². The molecule has 0 aromatic heterocycles. The number of imide groups is 1. The van der Waals surface area contributed by atoms with Crippen molar-refractivity contribution in [3.8, 4) is 0 Å². The smallest absolute Gasteiger partial charge is 0.325 e. The van der Waals surface area contributed by atoms with Crippen LogP contribution in [-0.4, -0.2) is 42.2 Å². The first-order valence-electron chi connectivity index (χ1n) is 8.77. The maximum Gasteiger partial charge on any atom is 0.325 e. The molecule has 5 amide bonds. The summed E-state index contributed by atoms with van der Waals surface area (Å²) >= 11 is 6.18. The number of anilines is 1. The number of hydrogen-bond acceptors (Lipinski definition) is 4. The lowest BCUT2D eigenvalue weighted by Crippen LogP contribution is -2.42. The SMILES string of the molecule is CNC(=O)c1ccc(NC(=O)CN2C(=O)N[C@@](C)(c3ccccc3Cl)C2=O)cc1. The van der Waals surface area contributed by atoms with Gasteiger partial charge < -0.3 is 16.0 Å². The second kappa shape index (κ2) is 7.92. The molecule has 0 bridgehead atoms. The molecule has 150 valence electrons. The van der Waals surface area contributed by atoms with E-state index in [1.54, 1.807) is 55.5 Å². The summed E-state index contributed by atoms with van der Waals surface area (Å²) < 4.78 is 0. The molecule has 29 heavy (non-hydrogen) atoms. The quantitative estimate of drug-likeness (QED) is 0.651. The van der Waals surface area contributed by atoms with Crippen molar-refractivity contribution in [3.05, 3.63) is 64.7 Å². The molecule has 0 saturated carbocycles. The van der Waals surface area contributed by atoms with Gasteiger partial charge in [0.1, 0.15) is 12.1 Å². The van der Waals surface area contributed by atoms with Crippen LogP contribution in [0, 0.1) is 0 Å². The summed E-state index contributed by atoms with van der Waals surface area (Å²) in [7, 11) is 1.52. The van der Waals surface area contributed by atoms with E-state index in [0.29, 0.717) is 21.8 Å². The number of hydrogen-bond donors (Lipinski definition) is 3. The van der Waals surface area contributed by atoms with Crippen LogP contribution in [0.3, 0.4) is 0 Å². The van der Waals surface area contributed by atoms with E-state index in [9.17, 15) is 19.2 Å². The van der Waals surface area contributed by atoms with Gasteiger partial charge in [-0.15, -0.1) is 0 Å². The standard InChI is InChI=1S/C20H19ClN4O4/c1-20(14-5-3-4-6-15(14)21)18(28)25(19(29)24-20)11-16(26)23-13-9-7-12(8-10-13)17(27)22-2/h3-10H,11H2,1-2H3,(H,22,27)(H,23,26)(H,24,29)/t20-/m0/s1. The Morgan fingerprint density at radius 3 is 2.38 bits per heavy atom. The van der Waals surface area contributed by atoms with Gasteiger partial charge in [0.25, 0.3) is 11.8 Å². The van der Waals surface area contributed by atoms with E-state index in [1.165, 1.54) is 7.05 Å². The van der Waals surface area contributed by atoms with Gasteiger partial charge in [0.05, 0.1) is 0 Å².